The third kappa shape index (κ3) is 3.78. The van der Waals surface area contributed by atoms with E-state index in [1.165, 1.54) is 0 Å². The Kier molecular flexibility index (Phi) is 5.95. The summed E-state index contributed by atoms with van der Waals surface area (Å²) in [6.07, 6.45) is 1.70. The van der Waals surface area contributed by atoms with Gasteiger partial charge in [0, 0.05) is 41.3 Å². The van der Waals surface area contributed by atoms with Gasteiger partial charge in [-0.2, -0.15) is 0 Å². The first-order valence-electron chi connectivity index (χ1n) is 6.55. The molecule has 110 valence electrons. The Morgan fingerprint density at radius 3 is 2.80 bits per heavy atom. The number of halogens is 2. The van der Waals surface area contributed by atoms with Crippen LogP contribution in [0.15, 0.2) is 21.2 Å². The predicted molar refractivity (Wildman–Crippen MR) is 83.5 cm³/mol. The number of hydrogen-bond acceptors (Lipinski definition) is 5. The van der Waals surface area contributed by atoms with Gasteiger partial charge < -0.3 is 10.1 Å². The summed E-state index contributed by atoms with van der Waals surface area (Å²) in [6.45, 7) is 5.52. The molecule has 0 radical (unpaired) electrons. The fraction of sp³-hybridized carbons (Fsp3) is 0.538. The van der Waals surface area contributed by atoms with Crippen molar-refractivity contribution >= 4 is 37.8 Å². The molecule has 1 N–H and O–H groups in total. The molecule has 1 saturated heterocycles. The Balaban J connectivity index is 2.31. The van der Waals surface area contributed by atoms with Crippen molar-refractivity contribution in [2.24, 2.45) is 0 Å². The number of pyridine rings is 1. The monoisotopic (exact) mass is 405 g/mol. The number of nitrogens with one attached hydrogen (secondary N) is 1. The summed E-state index contributed by atoms with van der Waals surface area (Å²) in [5.74, 6) is -0.245. The standard InChI is InChI=1S/C13H17Br2N3O2/c1-2-20-13(19)12(18-5-3-16-4-6-18)11-10(15)7-9(14)8-17-11/h7-8,12,16H,2-6H2,1H3. The van der Waals surface area contributed by atoms with Gasteiger partial charge in [-0.25, -0.2) is 4.79 Å². The van der Waals surface area contributed by atoms with Crippen molar-refractivity contribution in [2.75, 3.05) is 32.8 Å². The number of piperazine rings is 1. The second-order valence-corrected chi connectivity index (χ2v) is 6.23. The Labute approximate surface area is 135 Å². The molecule has 0 bridgehead atoms. The van der Waals surface area contributed by atoms with Gasteiger partial charge in [-0.05, 0) is 44.8 Å². The number of esters is 1. The third-order valence-electron chi connectivity index (χ3n) is 3.12. The van der Waals surface area contributed by atoms with Crippen LogP contribution in [0.4, 0.5) is 0 Å². The summed E-state index contributed by atoms with van der Waals surface area (Å²) in [5, 5.41) is 3.28. The Morgan fingerprint density at radius 1 is 1.50 bits per heavy atom. The third-order valence-corrected chi connectivity index (χ3v) is 4.19. The molecular formula is C13H17Br2N3O2. The van der Waals surface area contributed by atoms with Crippen molar-refractivity contribution in [1.82, 2.24) is 15.2 Å². The molecule has 20 heavy (non-hydrogen) atoms. The molecule has 7 heteroatoms. The second kappa shape index (κ2) is 7.49. The maximum absolute atomic E-state index is 12.3. The average molecular weight is 407 g/mol. The molecule has 0 spiro atoms. The normalized spacial score (nSPS) is 17.8. The quantitative estimate of drug-likeness (QED) is 0.776. The summed E-state index contributed by atoms with van der Waals surface area (Å²) in [7, 11) is 0. The zero-order chi connectivity index (χ0) is 14.5. The Morgan fingerprint density at radius 2 is 2.20 bits per heavy atom. The molecular weight excluding hydrogens is 390 g/mol. The Bertz CT molecular complexity index is 479. The van der Waals surface area contributed by atoms with E-state index in [9.17, 15) is 4.79 Å². The number of rotatable bonds is 4. The van der Waals surface area contributed by atoms with Gasteiger partial charge in [0.25, 0.3) is 0 Å². The number of carbonyl (C=O) groups excluding carboxylic acids is 1. The number of ether oxygens (including phenoxy) is 1. The topological polar surface area (TPSA) is 54.5 Å². The summed E-state index contributed by atoms with van der Waals surface area (Å²) >= 11 is 6.87. The molecule has 1 aromatic heterocycles. The highest BCUT2D eigenvalue weighted by atomic mass is 79.9. The average Bonchev–Trinajstić information content (AvgIpc) is 2.43. The van der Waals surface area contributed by atoms with Gasteiger partial charge in [-0.3, -0.25) is 9.88 Å². The maximum Gasteiger partial charge on any atom is 0.329 e. The van der Waals surface area contributed by atoms with E-state index in [1.54, 1.807) is 6.20 Å². The SMILES string of the molecule is CCOC(=O)C(c1ncc(Br)cc1Br)N1CCNCC1. The zero-order valence-corrected chi connectivity index (χ0v) is 14.4. The summed E-state index contributed by atoms with van der Waals surface area (Å²) in [5.41, 5.74) is 0.702. The molecule has 0 aromatic carbocycles. The van der Waals surface area contributed by atoms with Crippen LogP contribution in [0.1, 0.15) is 18.7 Å². The smallest absolute Gasteiger partial charge is 0.329 e. The van der Waals surface area contributed by atoms with E-state index in [0.717, 1.165) is 35.1 Å². The van der Waals surface area contributed by atoms with Crippen LogP contribution in [0.3, 0.4) is 0 Å². The molecule has 1 aromatic rings. The van der Waals surface area contributed by atoms with E-state index in [4.69, 9.17) is 4.74 Å². The van der Waals surface area contributed by atoms with E-state index in [2.05, 4.69) is 47.1 Å². The van der Waals surface area contributed by atoms with Gasteiger partial charge in [-0.1, -0.05) is 0 Å². The van der Waals surface area contributed by atoms with Crippen molar-refractivity contribution in [3.05, 3.63) is 26.9 Å². The van der Waals surface area contributed by atoms with Crippen LogP contribution in [-0.4, -0.2) is 48.6 Å². The lowest BCUT2D eigenvalue weighted by molar-refractivity contribution is -0.150. The largest absolute Gasteiger partial charge is 0.465 e. The van der Waals surface area contributed by atoms with E-state index >= 15 is 0 Å². The van der Waals surface area contributed by atoms with Crippen molar-refractivity contribution in [2.45, 2.75) is 13.0 Å². The molecule has 0 saturated carbocycles. The highest BCUT2D eigenvalue weighted by Gasteiger charge is 2.32. The lowest BCUT2D eigenvalue weighted by Gasteiger charge is -2.33. The lowest BCUT2D eigenvalue weighted by atomic mass is 10.1. The van der Waals surface area contributed by atoms with Crippen LogP contribution >= 0.6 is 31.9 Å². The molecule has 0 amide bonds. The Hall–Kier alpha value is -0.500. The van der Waals surface area contributed by atoms with Gasteiger partial charge in [0.15, 0.2) is 6.04 Å². The summed E-state index contributed by atoms with van der Waals surface area (Å²) in [6, 6.07) is 1.44. The van der Waals surface area contributed by atoms with Crippen LogP contribution in [0.25, 0.3) is 0 Å². The number of carbonyl (C=O) groups is 1. The van der Waals surface area contributed by atoms with E-state index in [0.29, 0.717) is 12.3 Å². The van der Waals surface area contributed by atoms with E-state index < -0.39 is 6.04 Å². The molecule has 0 aliphatic carbocycles. The van der Waals surface area contributed by atoms with Crippen LogP contribution in [0, 0.1) is 0 Å². The number of nitrogens with zero attached hydrogens (tertiary/aromatic N) is 2. The van der Waals surface area contributed by atoms with Gasteiger partial charge in [-0.15, -0.1) is 0 Å². The predicted octanol–water partition coefficient (Wildman–Crippen LogP) is 2.12. The number of aromatic nitrogens is 1. The number of hydrogen-bond donors (Lipinski definition) is 1. The molecule has 1 atom stereocenters. The summed E-state index contributed by atoms with van der Waals surface area (Å²) < 4.78 is 6.90. The van der Waals surface area contributed by atoms with Crippen molar-refractivity contribution < 1.29 is 9.53 Å². The van der Waals surface area contributed by atoms with Gasteiger partial charge in [0.2, 0.25) is 0 Å². The highest BCUT2D eigenvalue weighted by molar-refractivity contribution is 9.11. The van der Waals surface area contributed by atoms with E-state index in [-0.39, 0.29) is 5.97 Å². The van der Waals surface area contributed by atoms with E-state index in [1.807, 2.05) is 13.0 Å². The first-order valence-corrected chi connectivity index (χ1v) is 8.14. The highest BCUT2D eigenvalue weighted by Crippen LogP contribution is 2.29. The molecule has 1 fully saturated rings. The second-order valence-electron chi connectivity index (χ2n) is 4.46. The minimum Gasteiger partial charge on any atom is -0.465 e. The zero-order valence-electron chi connectivity index (χ0n) is 11.2. The molecule has 2 heterocycles. The minimum absolute atomic E-state index is 0.245. The first kappa shape index (κ1) is 15.9. The minimum atomic E-state index is -0.459. The van der Waals surface area contributed by atoms with Crippen LogP contribution in [-0.2, 0) is 9.53 Å². The molecule has 1 aliphatic heterocycles. The summed E-state index contributed by atoms with van der Waals surface area (Å²) in [4.78, 5) is 18.8. The molecule has 2 rings (SSSR count). The van der Waals surface area contributed by atoms with Gasteiger partial charge in [0.1, 0.15) is 0 Å². The van der Waals surface area contributed by atoms with Crippen LogP contribution in [0.5, 0.6) is 0 Å². The van der Waals surface area contributed by atoms with Crippen LogP contribution in [0.2, 0.25) is 0 Å². The fourth-order valence-electron chi connectivity index (χ4n) is 2.22. The molecule has 1 aliphatic rings. The van der Waals surface area contributed by atoms with Crippen molar-refractivity contribution in [1.29, 1.82) is 0 Å². The lowest BCUT2D eigenvalue weighted by Crippen LogP contribution is -2.47. The fourth-order valence-corrected chi connectivity index (χ4v) is 3.43. The maximum atomic E-state index is 12.3. The van der Waals surface area contributed by atoms with Gasteiger partial charge >= 0.3 is 5.97 Å². The first-order chi connectivity index (χ1) is 9.63. The molecule has 1 unspecified atom stereocenters. The van der Waals surface area contributed by atoms with Crippen molar-refractivity contribution in [3.63, 3.8) is 0 Å². The molecule has 5 nitrogen and oxygen atoms in total. The van der Waals surface area contributed by atoms with Crippen LogP contribution < -0.4 is 5.32 Å². The van der Waals surface area contributed by atoms with Gasteiger partial charge in [0.05, 0.1) is 12.3 Å². The van der Waals surface area contributed by atoms with Crippen molar-refractivity contribution in [3.8, 4) is 0 Å².